The summed E-state index contributed by atoms with van der Waals surface area (Å²) in [6.07, 6.45) is 3.73. The molecule has 0 aliphatic heterocycles. The lowest BCUT2D eigenvalue weighted by Gasteiger charge is -2.23. The fourth-order valence-electron chi connectivity index (χ4n) is 2.05. The molecule has 0 heterocycles. The van der Waals surface area contributed by atoms with E-state index in [4.69, 9.17) is 4.74 Å². The maximum Gasteiger partial charge on any atom is 0.407 e. The van der Waals surface area contributed by atoms with E-state index in [-0.39, 0.29) is 12.1 Å². The van der Waals surface area contributed by atoms with E-state index in [1.165, 1.54) is 5.56 Å². The first-order chi connectivity index (χ1) is 9.40. The number of carbonyl (C=O) groups is 1. The van der Waals surface area contributed by atoms with Crippen LogP contribution >= 0.6 is 0 Å². The summed E-state index contributed by atoms with van der Waals surface area (Å²) in [7, 11) is 0. The molecule has 1 N–H and O–H groups in total. The molecule has 0 radical (unpaired) electrons. The van der Waals surface area contributed by atoms with E-state index in [0.717, 1.165) is 25.7 Å². The van der Waals surface area contributed by atoms with Crippen molar-refractivity contribution in [2.45, 2.75) is 65.0 Å². The van der Waals surface area contributed by atoms with Gasteiger partial charge in [0.05, 0.1) is 0 Å². The highest BCUT2D eigenvalue weighted by Crippen LogP contribution is 2.11. The van der Waals surface area contributed by atoms with Crippen molar-refractivity contribution < 1.29 is 9.53 Å². The summed E-state index contributed by atoms with van der Waals surface area (Å²) >= 11 is 0. The first-order valence-electron chi connectivity index (χ1n) is 7.44. The summed E-state index contributed by atoms with van der Waals surface area (Å²) in [5.41, 5.74) is 0.788. The van der Waals surface area contributed by atoms with Crippen molar-refractivity contribution in [3.63, 3.8) is 0 Å². The summed E-state index contributed by atoms with van der Waals surface area (Å²) in [6.45, 7) is 7.80. The van der Waals surface area contributed by atoms with Gasteiger partial charge >= 0.3 is 6.09 Å². The quantitative estimate of drug-likeness (QED) is 0.841. The molecule has 0 unspecified atom stereocenters. The van der Waals surface area contributed by atoms with Gasteiger partial charge in [-0.2, -0.15) is 0 Å². The zero-order chi connectivity index (χ0) is 15.0. The van der Waals surface area contributed by atoms with Gasteiger partial charge in [0.25, 0.3) is 0 Å². The molecule has 0 saturated carbocycles. The van der Waals surface area contributed by atoms with Crippen LogP contribution in [0.2, 0.25) is 0 Å². The van der Waals surface area contributed by atoms with Crippen LogP contribution in [-0.4, -0.2) is 17.7 Å². The predicted octanol–water partition coefficient (Wildman–Crippen LogP) is 4.31. The van der Waals surface area contributed by atoms with Crippen LogP contribution in [0.4, 0.5) is 4.79 Å². The average Bonchev–Trinajstić information content (AvgIpc) is 2.35. The number of hydrogen-bond acceptors (Lipinski definition) is 2. The van der Waals surface area contributed by atoms with E-state index >= 15 is 0 Å². The molecule has 112 valence electrons. The monoisotopic (exact) mass is 277 g/mol. The second-order valence-electron chi connectivity index (χ2n) is 6.18. The second-order valence-corrected chi connectivity index (χ2v) is 6.18. The molecule has 3 nitrogen and oxygen atoms in total. The Labute approximate surface area is 122 Å². The Bertz CT molecular complexity index is 395. The molecule has 1 aromatic carbocycles. The van der Waals surface area contributed by atoms with E-state index in [0.29, 0.717) is 0 Å². The summed E-state index contributed by atoms with van der Waals surface area (Å²) < 4.78 is 5.34. The zero-order valence-corrected chi connectivity index (χ0v) is 13.1. The fourth-order valence-corrected chi connectivity index (χ4v) is 2.05. The minimum absolute atomic E-state index is 0.132. The third-order valence-corrected chi connectivity index (χ3v) is 2.95. The van der Waals surface area contributed by atoms with Gasteiger partial charge in [-0.05, 0) is 39.2 Å². The minimum Gasteiger partial charge on any atom is -0.444 e. The number of ether oxygens (including phenoxy) is 1. The normalized spacial score (nSPS) is 12.8. The molecule has 3 heteroatoms. The Morgan fingerprint density at radius 1 is 1.25 bits per heavy atom. The van der Waals surface area contributed by atoms with Crippen LogP contribution < -0.4 is 5.32 Å². The van der Waals surface area contributed by atoms with Crippen molar-refractivity contribution in [2.75, 3.05) is 0 Å². The maximum atomic E-state index is 11.9. The van der Waals surface area contributed by atoms with Crippen molar-refractivity contribution in [3.05, 3.63) is 35.9 Å². The van der Waals surface area contributed by atoms with Crippen LogP contribution in [0, 0.1) is 0 Å². The zero-order valence-electron chi connectivity index (χ0n) is 13.1. The molecule has 1 rings (SSSR count). The van der Waals surface area contributed by atoms with Gasteiger partial charge in [0.2, 0.25) is 0 Å². The predicted molar refractivity (Wildman–Crippen MR) is 82.8 cm³/mol. The van der Waals surface area contributed by atoms with Crippen LogP contribution in [0.15, 0.2) is 30.3 Å². The Hall–Kier alpha value is -1.51. The van der Waals surface area contributed by atoms with Crippen molar-refractivity contribution in [1.29, 1.82) is 0 Å². The van der Waals surface area contributed by atoms with E-state index in [9.17, 15) is 4.79 Å². The summed E-state index contributed by atoms with van der Waals surface area (Å²) in [6, 6.07) is 10.4. The van der Waals surface area contributed by atoms with Gasteiger partial charge in [-0.25, -0.2) is 4.79 Å². The number of rotatable bonds is 6. The summed E-state index contributed by atoms with van der Waals surface area (Å²) in [5, 5.41) is 3.00. The first-order valence-corrected chi connectivity index (χ1v) is 7.44. The van der Waals surface area contributed by atoms with Crippen molar-refractivity contribution in [3.8, 4) is 0 Å². The number of benzene rings is 1. The number of alkyl carbamates (subject to hydrolysis) is 1. The Kier molecular flexibility index (Phi) is 6.56. The van der Waals surface area contributed by atoms with Crippen LogP contribution in [0.25, 0.3) is 0 Å². The minimum atomic E-state index is -0.452. The van der Waals surface area contributed by atoms with Crippen molar-refractivity contribution >= 4 is 6.09 Å². The molecule has 1 atom stereocenters. The van der Waals surface area contributed by atoms with Crippen LogP contribution in [0.3, 0.4) is 0 Å². The summed E-state index contributed by atoms with van der Waals surface area (Å²) in [4.78, 5) is 11.9. The van der Waals surface area contributed by atoms with Gasteiger partial charge in [0.15, 0.2) is 0 Å². The van der Waals surface area contributed by atoms with Crippen LogP contribution in [-0.2, 0) is 11.2 Å². The Morgan fingerprint density at radius 2 is 1.90 bits per heavy atom. The lowest BCUT2D eigenvalue weighted by Crippen LogP contribution is -2.40. The standard InChI is InChI=1S/C17H27NO2/c1-5-6-12-15(13-14-10-8-7-9-11-14)18-16(19)20-17(2,3)4/h7-11,15H,5-6,12-13H2,1-4H3,(H,18,19)/t15-/m0/s1. The fraction of sp³-hybridized carbons (Fsp3) is 0.588. The van der Waals surface area contributed by atoms with E-state index in [1.54, 1.807) is 0 Å². The topological polar surface area (TPSA) is 38.3 Å². The number of hydrogen-bond donors (Lipinski definition) is 1. The van der Waals surface area contributed by atoms with E-state index in [2.05, 4.69) is 24.4 Å². The van der Waals surface area contributed by atoms with Gasteiger partial charge in [-0.3, -0.25) is 0 Å². The van der Waals surface area contributed by atoms with E-state index in [1.807, 2.05) is 39.0 Å². The first kappa shape index (κ1) is 16.5. The number of unbranched alkanes of at least 4 members (excludes halogenated alkanes) is 1. The maximum absolute atomic E-state index is 11.9. The highest BCUT2D eigenvalue weighted by molar-refractivity contribution is 5.68. The number of amides is 1. The van der Waals surface area contributed by atoms with Crippen molar-refractivity contribution in [1.82, 2.24) is 5.32 Å². The molecule has 0 fully saturated rings. The molecule has 0 aromatic heterocycles. The molecule has 0 bridgehead atoms. The smallest absolute Gasteiger partial charge is 0.407 e. The van der Waals surface area contributed by atoms with Crippen LogP contribution in [0.1, 0.15) is 52.5 Å². The molecular weight excluding hydrogens is 250 g/mol. The highest BCUT2D eigenvalue weighted by Gasteiger charge is 2.19. The molecule has 0 aliphatic carbocycles. The largest absolute Gasteiger partial charge is 0.444 e. The van der Waals surface area contributed by atoms with Gasteiger partial charge in [0.1, 0.15) is 5.60 Å². The van der Waals surface area contributed by atoms with E-state index < -0.39 is 5.60 Å². The van der Waals surface area contributed by atoms with Gasteiger partial charge < -0.3 is 10.1 Å². The molecule has 0 spiro atoms. The number of carbonyl (C=O) groups excluding carboxylic acids is 1. The molecule has 20 heavy (non-hydrogen) atoms. The molecular formula is C17H27NO2. The van der Waals surface area contributed by atoms with Crippen LogP contribution in [0.5, 0.6) is 0 Å². The molecule has 0 saturated heterocycles. The Morgan fingerprint density at radius 3 is 2.45 bits per heavy atom. The third-order valence-electron chi connectivity index (χ3n) is 2.95. The molecule has 1 amide bonds. The summed E-state index contributed by atoms with van der Waals surface area (Å²) in [5.74, 6) is 0. The Balaban J connectivity index is 2.57. The van der Waals surface area contributed by atoms with Gasteiger partial charge in [-0.1, -0.05) is 50.1 Å². The van der Waals surface area contributed by atoms with Crippen molar-refractivity contribution in [2.24, 2.45) is 0 Å². The second kappa shape index (κ2) is 7.93. The lowest BCUT2D eigenvalue weighted by molar-refractivity contribution is 0.0501. The highest BCUT2D eigenvalue weighted by atomic mass is 16.6. The molecule has 0 aliphatic rings. The molecule has 1 aromatic rings. The number of nitrogens with one attached hydrogen (secondary N) is 1. The lowest BCUT2D eigenvalue weighted by atomic mass is 10.0. The SMILES string of the molecule is CCCC[C@@H](Cc1ccccc1)NC(=O)OC(C)(C)C. The van der Waals surface area contributed by atoms with Gasteiger partial charge in [-0.15, -0.1) is 0 Å². The van der Waals surface area contributed by atoms with Gasteiger partial charge in [0, 0.05) is 6.04 Å². The third kappa shape index (κ3) is 7.17. The average molecular weight is 277 g/mol.